The number of carbonyl (C=O) groups excluding carboxylic acids is 2. The number of hydrogen-bond acceptors (Lipinski definition) is 6. The second-order valence-corrected chi connectivity index (χ2v) is 8.79. The Kier molecular flexibility index (Phi) is 7.80. The van der Waals surface area contributed by atoms with E-state index in [9.17, 15) is 27.9 Å². The molecule has 0 aliphatic carbocycles. The lowest BCUT2D eigenvalue weighted by Gasteiger charge is -2.23. The van der Waals surface area contributed by atoms with Crippen LogP contribution in [0.1, 0.15) is 42.2 Å². The summed E-state index contributed by atoms with van der Waals surface area (Å²) in [6.07, 6.45) is -5.97. The van der Waals surface area contributed by atoms with E-state index < -0.39 is 35.9 Å². The number of phenolic OH excluding ortho intramolecular Hbond substituents is 1. The molecule has 1 fully saturated rings. The van der Waals surface area contributed by atoms with E-state index in [2.05, 4.69) is 0 Å². The number of cyclic esters (lactones) is 1. The minimum Gasteiger partial charge on any atom is -0.504 e. The number of amides is 1. The molecule has 1 heterocycles. The summed E-state index contributed by atoms with van der Waals surface area (Å²) in [7, 11) is 0. The van der Waals surface area contributed by atoms with Crippen molar-refractivity contribution in [3.05, 3.63) is 89.0 Å². The molecule has 3 aromatic rings. The Labute approximate surface area is 217 Å². The number of phenols is 1. The van der Waals surface area contributed by atoms with Crippen LogP contribution in [0.5, 0.6) is 17.2 Å². The number of benzene rings is 3. The van der Waals surface area contributed by atoms with Gasteiger partial charge < -0.3 is 19.3 Å². The Balaban J connectivity index is 1.64. The largest absolute Gasteiger partial charge is 0.504 e. The Morgan fingerprint density at radius 3 is 2.47 bits per heavy atom. The van der Waals surface area contributed by atoms with Gasteiger partial charge in [-0.05, 0) is 55.3 Å². The van der Waals surface area contributed by atoms with Crippen LogP contribution < -0.4 is 4.74 Å². The first-order valence-corrected chi connectivity index (χ1v) is 11.9. The van der Waals surface area contributed by atoms with Crippen LogP contribution in [0.2, 0.25) is 0 Å². The smallest absolute Gasteiger partial charge is 0.416 e. The maximum Gasteiger partial charge on any atom is 0.416 e. The number of nitrogens with zero attached hydrogens (tertiary/aromatic N) is 1. The first kappa shape index (κ1) is 26.8. The van der Waals surface area contributed by atoms with E-state index in [1.165, 1.54) is 23.1 Å². The molecule has 0 spiro atoms. The monoisotopic (exact) mass is 529 g/mol. The molecule has 1 N–H and O–H groups in total. The summed E-state index contributed by atoms with van der Waals surface area (Å²) >= 11 is 0. The van der Waals surface area contributed by atoms with Crippen LogP contribution >= 0.6 is 0 Å². The van der Waals surface area contributed by atoms with E-state index >= 15 is 0 Å². The molecule has 0 radical (unpaired) electrons. The summed E-state index contributed by atoms with van der Waals surface area (Å²) in [5.41, 5.74) is 0.388. The molecule has 4 rings (SSSR count). The number of alkyl halides is 3. The summed E-state index contributed by atoms with van der Waals surface area (Å²) in [5.74, 6) is -0.813. The highest BCUT2D eigenvalue weighted by atomic mass is 19.4. The van der Waals surface area contributed by atoms with Gasteiger partial charge in [-0.1, -0.05) is 36.4 Å². The van der Waals surface area contributed by atoms with Gasteiger partial charge in [-0.25, -0.2) is 4.79 Å². The van der Waals surface area contributed by atoms with Gasteiger partial charge in [-0.15, -0.1) is 0 Å². The molecular weight excluding hydrogens is 503 g/mol. The maximum atomic E-state index is 13.5. The van der Waals surface area contributed by atoms with E-state index in [1.54, 1.807) is 26.0 Å². The third kappa shape index (κ3) is 6.01. The van der Waals surface area contributed by atoms with Gasteiger partial charge in [0.15, 0.2) is 11.5 Å². The fourth-order valence-corrected chi connectivity index (χ4v) is 4.21. The van der Waals surface area contributed by atoms with E-state index in [1.807, 2.05) is 18.2 Å². The van der Waals surface area contributed by atoms with E-state index in [-0.39, 0.29) is 42.4 Å². The van der Waals surface area contributed by atoms with Crippen LogP contribution in [0.25, 0.3) is 0 Å². The van der Waals surface area contributed by atoms with Crippen molar-refractivity contribution in [1.29, 1.82) is 0 Å². The molecule has 200 valence electrons. The fourth-order valence-electron chi connectivity index (χ4n) is 4.21. The number of rotatable bonds is 8. The predicted molar refractivity (Wildman–Crippen MR) is 131 cm³/mol. The number of hydrogen-bond donors (Lipinski definition) is 1. The minimum atomic E-state index is -4.63. The van der Waals surface area contributed by atoms with Gasteiger partial charge in [0.05, 0.1) is 31.2 Å². The van der Waals surface area contributed by atoms with Crippen molar-refractivity contribution in [2.45, 2.75) is 45.1 Å². The number of aromatic hydroxyl groups is 1. The topological polar surface area (TPSA) is 85.3 Å². The first-order valence-electron chi connectivity index (χ1n) is 11.9. The highest BCUT2D eigenvalue weighted by Gasteiger charge is 2.40. The lowest BCUT2D eigenvalue weighted by atomic mass is 10.0. The van der Waals surface area contributed by atoms with E-state index in [0.29, 0.717) is 5.56 Å². The second-order valence-electron chi connectivity index (χ2n) is 8.79. The van der Waals surface area contributed by atoms with Crippen molar-refractivity contribution in [3.8, 4) is 17.2 Å². The van der Waals surface area contributed by atoms with Gasteiger partial charge >= 0.3 is 18.2 Å². The molecule has 0 bridgehead atoms. The minimum absolute atomic E-state index is 0.00439. The van der Waals surface area contributed by atoms with Crippen molar-refractivity contribution in [1.82, 2.24) is 4.90 Å². The summed E-state index contributed by atoms with van der Waals surface area (Å²) < 4.78 is 56.9. The molecule has 1 amide bonds. The lowest BCUT2D eigenvalue weighted by Crippen LogP contribution is -2.31. The lowest BCUT2D eigenvalue weighted by molar-refractivity contribution is -0.142. The average Bonchev–Trinajstić information content (AvgIpc) is 3.15. The number of carbonyl (C=O) groups is 2. The molecule has 0 unspecified atom stereocenters. The number of esters is 1. The predicted octanol–water partition coefficient (Wildman–Crippen LogP) is 6.39. The standard InChI is InChI=1S/C28H26F3NO6/c1-3-36-25(34)14-18-9-11-22(33)24(13-18)37-23-12-10-21(28(29,30)31)15-20(23)16-32-17(2)26(38-27(32)35)19-7-5-4-6-8-19/h4-13,15,17,26,33H,3,14,16H2,1-2H3/t17-,26-/m1/s1. The molecule has 1 aliphatic heterocycles. The number of ether oxygens (including phenoxy) is 3. The molecule has 2 atom stereocenters. The summed E-state index contributed by atoms with van der Waals surface area (Å²) in [6, 6.07) is 15.7. The van der Waals surface area contributed by atoms with Crippen molar-refractivity contribution in [2.75, 3.05) is 6.61 Å². The van der Waals surface area contributed by atoms with Crippen LogP contribution in [-0.2, 0) is 33.4 Å². The van der Waals surface area contributed by atoms with Crippen molar-refractivity contribution >= 4 is 12.1 Å². The molecule has 7 nitrogen and oxygen atoms in total. The van der Waals surface area contributed by atoms with E-state index in [4.69, 9.17) is 14.2 Å². The second kappa shape index (κ2) is 11.0. The Bertz CT molecular complexity index is 1310. The quantitative estimate of drug-likeness (QED) is 0.341. The Morgan fingerprint density at radius 2 is 1.79 bits per heavy atom. The van der Waals surface area contributed by atoms with Crippen LogP contribution in [0.3, 0.4) is 0 Å². The van der Waals surface area contributed by atoms with Gasteiger partial charge in [0.1, 0.15) is 11.9 Å². The zero-order valence-electron chi connectivity index (χ0n) is 20.7. The van der Waals surface area contributed by atoms with E-state index in [0.717, 1.165) is 23.8 Å². The molecular formula is C28H26F3NO6. The summed E-state index contributed by atoms with van der Waals surface area (Å²) in [5, 5.41) is 10.3. The van der Waals surface area contributed by atoms with Crippen LogP contribution in [0, 0.1) is 0 Å². The van der Waals surface area contributed by atoms with Crippen LogP contribution in [0.4, 0.5) is 18.0 Å². The van der Waals surface area contributed by atoms with Gasteiger partial charge in [0.25, 0.3) is 0 Å². The van der Waals surface area contributed by atoms with Crippen LogP contribution in [-0.4, -0.2) is 34.7 Å². The van der Waals surface area contributed by atoms with Gasteiger partial charge in [0, 0.05) is 5.56 Å². The molecule has 0 saturated carbocycles. The van der Waals surface area contributed by atoms with Crippen molar-refractivity contribution < 1.29 is 42.1 Å². The zero-order valence-corrected chi connectivity index (χ0v) is 20.7. The fraction of sp³-hybridized carbons (Fsp3) is 0.286. The Hall–Kier alpha value is -4.21. The van der Waals surface area contributed by atoms with Crippen molar-refractivity contribution in [2.24, 2.45) is 0 Å². The Morgan fingerprint density at radius 1 is 1.05 bits per heavy atom. The molecule has 38 heavy (non-hydrogen) atoms. The third-order valence-corrected chi connectivity index (χ3v) is 6.15. The molecule has 3 aromatic carbocycles. The normalized spacial score (nSPS) is 17.3. The summed E-state index contributed by atoms with van der Waals surface area (Å²) in [4.78, 5) is 25.9. The molecule has 0 aromatic heterocycles. The van der Waals surface area contributed by atoms with Gasteiger partial charge in [0.2, 0.25) is 0 Å². The third-order valence-electron chi connectivity index (χ3n) is 6.15. The highest BCUT2D eigenvalue weighted by molar-refractivity contribution is 5.73. The molecule has 10 heteroatoms. The number of halogens is 3. The molecule has 1 saturated heterocycles. The molecule has 1 aliphatic rings. The average molecular weight is 530 g/mol. The maximum absolute atomic E-state index is 13.5. The SMILES string of the molecule is CCOC(=O)Cc1ccc(O)c(Oc2ccc(C(F)(F)F)cc2CN2C(=O)O[C@@H](c3ccccc3)[C@H]2C)c1. The van der Waals surface area contributed by atoms with Gasteiger partial charge in [-0.3, -0.25) is 9.69 Å². The van der Waals surface area contributed by atoms with Crippen LogP contribution in [0.15, 0.2) is 66.7 Å². The van der Waals surface area contributed by atoms with Gasteiger partial charge in [-0.2, -0.15) is 13.2 Å². The zero-order chi connectivity index (χ0) is 27.4. The summed E-state index contributed by atoms with van der Waals surface area (Å²) in [6.45, 7) is 3.40. The highest BCUT2D eigenvalue weighted by Crippen LogP contribution is 2.39. The first-order chi connectivity index (χ1) is 18.1. The van der Waals surface area contributed by atoms with Crippen molar-refractivity contribution in [3.63, 3.8) is 0 Å².